The molecule has 0 bridgehead atoms. The van der Waals surface area contributed by atoms with Crippen LogP contribution in [0.5, 0.6) is 0 Å². The van der Waals surface area contributed by atoms with Gasteiger partial charge in [-0.25, -0.2) is 12.8 Å². The van der Waals surface area contributed by atoms with Gasteiger partial charge in [0.15, 0.2) is 0 Å². The molecule has 0 saturated heterocycles. The zero-order valence-electron chi connectivity index (χ0n) is 20.8. The monoisotopic (exact) mass is 520 g/mol. The molecule has 3 atom stereocenters. The molecular formula is C29H29FN2O4S. The first-order valence-electron chi connectivity index (χ1n) is 12.5. The summed E-state index contributed by atoms with van der Waals surface area (Å²) in [5, 5.41) is 3.11. The minimum atomic E-state index is -4.08. The topological polar surface area (TPSA) is 83.6 Å². The summed E-state index contributed by atoms with van der Waals surface area (Å²) in [6.07, 6.45) is 3.03. The number of amides is 2. The van der Waals surface area contributed by atoms with E-state index in [-0.39, 0.29) is 50.7 Å². The molecule has 1 aliphatic carbocycles. The average molecular weight is 521 g/mol. The maximum absolute atomic E-state index is 14.6. The van der Waals surface area contributed by atoms with Gasteiger partial charge in [-0.3, -0.25) is 9.59 Å². The Morgan fingerprint density at radius 3 is 2.51 bits per heavy atom. The van der Waals surface area contributed by atoms with Crippen LogP contribution in [-0.4, -0.2) is 26.3 Å². The first-order chi connectivity index (χ1) is 17.7. The smallest absolute Gasteiger partial charge is 0.259 e. The van der Waals surface area contributed by atoms with E-state index in [1.165, 1.54) is 41.3 Å². The number of halogens is 1. The quantitative estimate of drug-likeness (QED) is 0.501. The van der Waals surface area contributed by atoms with Crippen LogP contribution in [0.1, 0.15) is 59.4 Å². The molecule has 0 aromatic heterocycles. The second-order valence-electron chi connectivity index (χ2n) is 10.0. The van der Waals surface area contributed by atoms with Gasteiger partial charge in [-0.15, -0.1) is 0 Å². The lowest BCUT2D eigenvalue weighted by atomic mass is 9.78. The molecule has 192 valence electrons. The fraction of sp³-hybridized carbons (Fsp3) is 0.310. The first kappa shape index (κ1) is 25.1. The summed E-state index contributed by atoms with van der Waals surface area (Å²) in [6.45, 7) is 4.12. The number of nitrogens with one attached hydrogen (secondary N) is 1. The predicted octanol–water partition coefficient (Wildman–Crippen LogP) is 5.37. The minimum absolute atomic E-state index is 0.00561. The van der Waals surface area contributed by atoms with Crippen molar-refractivity contribution >= 4 is 27.3 Å². The van der Waals surface area contributed by atoms with Crippen molar-refractivity contribution in [1.82, 2.24) is 5.32 Å². The highest BCUT2D eigenvalue weighted by atomic mass is 32.2. The van der Waals surface area contributed by atoms with E-state index in [0.717, 1.165) is 19.3 Å². The molecule has 5 rings (SSSR count). The summed E-state index contributed by atoms with van der Waals surface area (Å²) in [6, 6.07) is 16.3. The number of carbonyl (C=O) groups is 2. The van der Waals surface area contributed by atoms with Crippen molar-refractivity contribution in [2.75, 3.05) is 4.90 Å². The number of benzene rings is 3. The van der Waals surface area contributed by atoms with Gasteiger partial charge in [0.25, 0.3) is 11.8 Å². The lowest BCUT2D eigenvalue weighted by Gasteiger charge is -2.34. The SMILES string of the molecule is C[C@H]1[C@H](C)CCC[C@H]1NC(=O)c1ccc2c(c1)N(Cc1ccccc1F)C(=O)c1ccccc1S2(=O)=O. The number of rotatable bonds is 4. The molecule has 1 N–H and O–H groups in total. The zero-order valence-corrected chi connectivity index (χ0v) is 21.6. The van der Waals surface area contributed by atoms with Crippen molar-refractivity contribution in [1.29, 1.82) is 0 Å². The highest BCUT2D eigenvalue weighted by Crippen LogP contribution is 2.38. The predicted molar refractivity (Wildman–Crippen MR) is 139 cm³/mol. The first-order valence-corrected chi connectivity index (χ1v) is 14.0. The fourth-order valence-corrected chi connectivity index (χ4v) is 6.97. The fourth-order valence-electron chi connectivity index (χ4n) is 5.34. The Morgan fingerprint density at radius 1 is 1.00 bits per heavy atom. The van der Waals surface area contributed by atoms with Crippen LogP contribution in [0.25, 0.3) is 0 Å². The minimum Gasteiger partial charge on any atom is -0.349 e. The number of anilines is 1. The molecule has 1 saturated carbocycles. The molecule has 1 heterocycles. The normalized spacial score (nSPS) is 22.5. The van der Waals surface area contributed by atoms with Crippen LogP contribution in [-0.2, 0) is 16.4 Å². The van der Waals surface area contributed by atoms with Gasteiger partial charge < -0.3 is 10.2 Å². The Balaban J connectivity index is 1.60. The third-order valence-corrected chi connectivity index (χ3v) is 9.62. The van der Waals surface area contributed by atoms with Gasteiger partial charge in [0.1, 0.15) is 5.82 Å². The molecule has 0 radical (unpaired) electrons. The van der Waals surface area contributed by atoms with Crippen LogP contribution in [0, 0.1) is 17.7 Å². The highest BCUT2D eigenvalue weighted by molar-refractivity contribution is 7.91. The van der Waals surface area contributed by atoms with Gasteiger partial charge in [-0.05, 0) is 54.7 Å². The summed E-state index contributed by atoms with van der Waals surface area (Å²) in [4.78, 5) is 28.1. The molecule has 1 aliphatic heterocycles. The average Bonchev–Trinajstić information content (AvgIpc) is 2.96. The molecule has 3 aromatic rings. The second-order valence-corrected chi connectivity index (χ2v) is 11.9. The van der Waals surface area contributed by atoms with Gasteiger partial charge >= 0.3 is 0 Å². The van der Waals surface area contributed by atoms with Crippen molar-refractivity contribution in [3.05, 3.63) is 89.2 Å². The Bertz CT molecular complexity index is 1490. The maximum atomic E-state index is 14.6. The van der Waals surface area contributed by atoms with Gasteiger partial charge in [0.05, 0.1) is 27.6 Å². The Kier molecular flexibility index (Phi) is 6.62. The summed E-state index contributed by atoms with van der Waals surface area (Å²) >= 11 is 0. The number of sulfone groups is 1. The number of nitrogens with zero attached hydrogens (tertiary/aromatic N) is 1. The Hall–Kier alpha value is -3.52. The van der Waals surface area contributed by atoms with Crippen molar-refractivity contribution < 1.29 is 22.4 Å². The lowest BCUT2D eigenvalue weighted by Crippen LogP contribution is -2.43. The van der Waals surface area contributed by atoms with E-state index >= 15 is 0 Å². The van der Waals surface area contributed by atoms with Gasteiger partial charge in [0, 0.05) is 17.2 Å². The third-order valence-electron chi connectivity index (χ3n) is 7.76. The van der Waals surface area contributed by atoms with Crippen molar-refractivity contribution in [3.8, 4) is 0 Å². The van der Waals surface area contributed by atoms with Crippen molar-refractivity contribution in [2.24, 2.45) is 11.8 Å². The lowest BCUT2D eigenvalue weighted by molar-refractivity contribution is 0.0889. The van der Waals surface area contributed by atoms with Gasteiger partial charge in [0.2, 0.25) is 9.84 Å². The molecule has 6 nitrogen and oxygen atoms in total. The molecular weight excluding hydrogens is 491 g/mol. The number of hydrogen-bond donors (Lipinski definition) is 1. The summed E-state index contributed by atoms with van der Waals surface area (Å²) in [5.74, 6) is -0.609. The van der Waals surface area contributed by atoms with Crippen molar-refractivity contribution in [3.63, 3.8) is 0 Å². The van der Waals surface area contributed by atoms with E-state index in [9.17, 15) is 22.4 Å². The Labute approximate surface area is 216 Å². The third kappa shape index (κ3) is 4.55. The van der Waals surface area contributed by atoms with Gasteiger partial charge in [-0.1, -0.05) is 57.0 Å². The number of fused-ring (bicyclic) bond motifs is 2. The summed E-state index contributed by atoms with van der Waals surface area (Å²) in [7, 11) is -4.08. The molecule has 1 fully saturated rings. The molecule has 8 heteroatoms. The van der Waals surface area contributed by atoms with Crippen molar-refractivity contribution in [2.45, 2.75) is 55.5 Å². The van der Waals surface area contributed by atoms with E-state index in [1.54, 1.807) is 30.3 Å². The molecule has 2 amide bonds. The van der Waals surface area contributed by atoms with Crippen LogP contribution in [0.15, 0.2) is 76.5 Å². The molecule has 0 unspecified atom stereocenters. The Morgan fingerprint density at radius 2 is 1.73 bits per heavy atom. The standard InChI is InChI=1S/C29H29FN2O4S/c1-18-8-7-12-24(19(18)2)31-28(33)20-14-15-27-25(16-20)32(17-21-9-3-5-11-23(21)30)29(34)22-10-4-6-13-26(22)37(27,35)36/h3-6,9-11,13-16,18-19,24H,7-8,12,17H2,1-2H3,(H,31,33)/t18-,19+,24-/m1/s1. The molecule has 0 spiro atoms. The summed E-state index contributed by atoms with van der Waals surface area (Å²) in [5.41, 5.74) is 0.545. The number of carbonyl (C=O) groups excluding carboxylic acids is 2. The van der Waals surface area contributed by atoms with Crippen LogP contribution in [0.4, 0.5) is 10.1 Å². The second kappa shape index (κ2) is 9.74. The molecule has 37 heavy (non-hydrogen) atoms. The van der Waals surface area contributed by atoms with E-state index < -0.39 is 21.6 Å². The van der Waals surface area contributed by atoms with Gasteiger partial charge in [-0.2, -0.15) is 0 Å². The molecule has 2 aliphatic rings. The zero-order chi connectivity index (χ0) is 26.3. The van der Waals surface area contributed by atoms with E-state index in [0.29, 0.717) is 11.8 Å². The van der Waals surface area contributed by atoms with E-state index in [4.69, 9.17) is 0 Å². The maximum Gasteiger partial charge on any atom is 0.259 e. The van der Waals surface area contributed by atoms with Crippen LogP contribution in [0.3, 0.4) is 0 Å². The van der Waals surface area contributed by atoms with Crippen LogP contribution in [0.2, 0.25) is 0 Å². The highest BCUT2D eigenvalue weighted by Gasteiger charge is 2.36. The summed E-state index contributed by atoms with van der Waals surface area (Å²) < 4.78 is 41.9. The largest absolute Gasteiger partial charge is 0.349 e. The van der Waals surface area contributed by atoms with E-state index in [2.05, 4.69) is 19.2 Å². The van der Waals surface area contributed by atoms with E-state index in [1.807, 2.05) is 0 Å². The molecule has 3 aromatic carbocycles. The van der Waals surface area contributed by atoms with Crippen LogP contribution < -0.4 is 10.2 Å². The van der Waals surface area contributed by atoms with Crippen LogP contribution >= 0.6 is 0 Å². The number of hydrogen-bond acceptors (Lipinski definition) is 4.